The molecule has 22 heavy (non-hydrogen) atoms. The van der Waals surface area contributed by atoms with Crippen LogP contribution in [-0.2, 0) is 0 Å². The van der Waals surface area contributed by atoms with E-state index < -0.39 is 16.4 Å². The largest absolute Gasteiger partial charge is 0.305 e. The van der Waals surface area contributed by atoms with Crippen molar-refractivity contribution >= 4 is 17.2 Å². The van der Waals surface area contributed by atoms with Crippen LogP contribution in [0.15, 0.2) is 41.7 Å². The lowest BCUT2D eigenvalue weighted by molar-refractivity contribution is -0.387. The van der Waals surface area contributed by atoms with Crippen LogP contribution in [0.2, 0.25) is 0 Å². The topological polar surface area (TPSA) is 89.9 Å². The van der Waals surface area contributed by atoms with Gasteiger partial charge in [0.25, 0.3) is 0 Å². The number of fused-ring (bicyclic) bond motifs is 1. The molecule has 2 aromatic heterocycles. The van der Waals surface area contributed by atoms with Gasteiger partial charge < -0.3 is 0 Å². The smallest absolute Gasteiger partial charge is 0.281 e. The van der Waals surface area contributed by atoms with Gasteiger partial charge in [-0.15, -0.1) is 4.91 Å². The second-order valence-electron chi connectivity index (χ2n) is 4.73. The molecule has 0 aliphatic rings. The van der Waals surface area contributed by atoms with Crippen molar-refractivity contribution in [2.45, 2.75) is 6.92 Å². The summed E-state index contributed by atoms with van der Waals surface area (Å²) in [6.07, 6.45) is 1.63. The van der Waals surface area contributed by atoms with Gasteiger partial charge in [0.15, 0.2) is 0 Å². The third-order valence-electron chi connectivity index (χ3n) is 3.26. The fourth-order valence-electron chi connectivity index (χ4n) is 2.21. The number of hydrogen-bond acceptors (Lipinski definition) is 5. The molecule has 7 nitrogen and oxygen atoms in total. The van der Waals surface area contributed by atoms with Crippen molar-refractivity contribution in [3.63, 3.8) is 0 Å². The van der Waals surface area contributed by atoms with Gasteiger partial charge in [-0.1, -0.05) is 0 Å². The second kappa shape index (κ2) is 4.99. The first-order chi connectivity index (χ1) is 10.5. The molecule has 2 heterocycles. The molecule has 0 aliphatic heterocycles. The number of nitro benzene ring substituents is 1. The first-order valence-corrected chi connectivity index (χ1v) is 6.27. The SMILES string of the molecule is Cc1ccn2c(N=O)c(-c3ccc(F)c([N+](=O)[O-])c3)nc2c1. The zero-order valence-electron chi connectivity index (χ0n) is 11.4. The summed E-state index contributed by atoms with van der Waals surface area (Å²) in [4.78, 5) is 25.4. The summed E-state index contributed by atoms with van der Waals surface area (Å²) in [5, 5.41) is 13.8. The first kappa shape index (κ1) is 13.8. The Hall–Kier alpha value is -3.16. The van der Waals surface area contributed by atoms with Crippen molar-refractivity contribution in [1.29, 1.82) is 0 Å². The number of halogens is 1. The van der Waals surface area contributed by atoms with E-state index in [-0.39, 0.29) is 17.1 Å². The fraction of sp³-hybridized carbons (Fsp3) is 0.0714. The van der Waals surface area contributed by atoms with Gasteiger partial charge in [-0.3, -0.25) is 14.5 Å². The lowest BCUT2D eigenvalue weighted by Gasteiger charge is -1.99. The Kier molecular flexibility index (Phi) is 3.13. The molecule has 0 aliphatic carbocycles. The zero-order valence-corrected chi connectivity index (χ0v) is 11.4. The molecule has 0 N–H and O–H groups in total. The number of imidazole rings is 1. The van der Waals surface area contributed by atoms with Gasteiger partial charge in [0.1, 0.15) is 11.3 Å². The van der Waals surface area contributed by atoms with Gasteiger partial charge in [0.05, 0.1) is 4.92 Å². The average Bonchev–Trinajstić information content (AvgIpc) is 2.84. The normalized spacial score (nSPS) is 10.8. The van der Waals surface area contributed by atoms with Crippen molar-refractivity contribution in [2.75, 3.05) is 0 Å². The van der Waals surface area contributed by atoms with Crippen LogP contribution >= 0.6 is 0 Å². The summed E-state index contributed by atoms with van der Waals surface area (Å²) >= 11 is 0. The van der Waals surface area contributed by atoms with E-state index >= 15 is 0 Å². The zero-order chi connectivity index (χ0) is 15.9. The number of nitroso groups, excluding NO2 is 1. The Morgan fingerprint density at radius 3 is 2.77 bits per heavy atom. The van der Waals surface area contributed by atoms with Gasteiger partial charge in [0.2, 0.25) is 11.6 Å². The van der Waals surface area contributed by atoms with Crippen LogP contribution in [0, 0.1) is 27.8 Å². The Morgan fingerprint density at radius 1 is 1.32 bits per heavy atom. The molecule has 0 saturated carbocycles. The molecule has 8 heteroatoms. The minimum atomic E-state index is -0.950. The molecule has 0 fully saturated rings. The van der Waals surface area contributed by atoms with Crippen LogP contribution in [0.1, 0.15) is 5.56 Å². The highest BCUT2D eigenvalue weighted by Crippen LogP contribution is 2.33. The van der Waals surface area contributed by atoms with Gasteiger partial charge in [-0.05, 0) is 41.9 Å². The minimum Gasteiger partial charge on any atom is -0.281 e. The minimum absolute atomic E-state index is 0.0101. The number of hydrogen-bond donors (Lipinski definition) is 0. The van der Waals surface area contributed by atoms with Crippen LogP contribution in [-0.4, -0.2) is 14.3 Å². The molecule has 0 radical (unpaired) electrons. The molecular weight excluding hydrogens is 291 g/mol. The summed E-state index contributed by atoms with van der Waals surface area (Å²) in [6, 6.07) is 6.86. The van der Waals surface area contributed by atoms with E-state index in [4.69, 9.17) is 0 Å². The molecule has 3 aromatic rings. The van der Waals surface area contributed by atoms with E-state index in [1.807, 2.05) is 6.92 Å². The Balaban J connectivity index is 2.28. The van der Waals surface area contributed by atoms with Crippen LogP contribution in [0.4, 0.5) is 15.9 Å². The number of nitro groups is 1. The van der Waals surface area contributed by atoms with Crippen molar-refractivity contribution < 1.29 is 9.31 Å². The van der Waals surface area contributed by atoms with Crippen LogP contribution in [0.25, 0.3) is 16.9 Å². The average molecular weight is 300 g/mol. The van der Waals surface area contributed by atoms with E-state index in [2.05, 4.69) is 10.2 Å². The maximum atomic E-state index is 13.4. The molecule has 0 amide bonds. The van der Waals surface area contributed by atoms with Crippen LogP contribution in [0.5, 0.6) is 0 Å². The molecule has 110 valence electrons. The van der Waals surface area contributed by atoms with Gasteiger partial charge in [-0.25, -0.2) is 4.98 Å². The molecule has 1 aromatic carbocycles. The van der Waals surface area contributed by atoms with E-state index in [0.717, 1.165) is 17.7 Å². The van der Waals surface area contributed by atoms with Crippen LogP contribution < -0.4 is 0 Å². The maximum Gasteiger partial charge on any atom is 0.305 e. The van der Waals surface area contributed by atoms with Gasteiger partial charge >= 0.3 is 5.69 Å². The maximum absolute atomic E-state index is 13.4. The predicted molar refractivity (Wildman–Crippen MR) is 77.4 cm³/mol. The summed E-state index contributed by atoms with van der Waals surface area (Å²) in [6.45, 7) is 1.87. The number of rotatable bonds is 3. The monoisotopic (exact) mass is 300 g/mol. The fourth-order valence-corrected chi connectivity index (χ4v) is 2.21. The highest BCUT2D eigenvalue weighted by molar-refractivity contribution is 5.76. The number of nitrogens with zero attached hydrogens (tertiary/aromatic N) is 4. The van der Waals surface area contributed by atoms with Crippen molar-refractivity contribution in [3.8, 4) is 11.3 Å². The van der Waals surface area contributed by atoms with E-state index in [0.29, 0.717) is 5.65 Å². The van der Waals surface area contributed by atoms with Crippen LogP contribution in [0.3, 0.4) is 0 Å². The number of aryl methyl sites for hydroxylation is 1. The highest BCUT2D eigenvalue weighted by atomic mass is 19.1. The van der Waals surface area contributed by atoms with E-state index in [1.165, 1.54) is 10.5 Å². The lowest BCUT2D eigenvalue weighted by Crippen LogP contribution is -1.93. The summed E-state index contributed by atoms with van der Waals surface area (Å²) in [5.74, 6) is -0.940. The molecule has 0 atom stereocenters. The molecule has 3 rings (SSSR count). The predicted octanol–water partition coefficient (Wildman–Crippen LogP) is 3.75. The van der Waals surface area contributed by atoms with E-state index in [1.54, 1.807) is 18.3 Å². The second-order valence-corrected chi connectivity index (χ2v) is 4.73. The molecular formula is C14H9FN4O3. The molecule has 0 unspecified atom stereocenters. The number of benzene rings is 1. The quantitative estimate of drug-likeness (QED) is 0.418. The third-order valence-corrected chi connectivity index (χ3v) is 3.26. The van der Waals surface area contributed by atoms with Gasteiger partial charge in [-0.2, -0.15) is 4.39 Å². The Bertz CT molecular complexity index is 920. The molecule has 0 spiro atoms. The Morgan fingerprint density at radius 2 is 2.09 bits per heavy atom. The summed E-state index contributed by atoms with van der Waals surface area (Å²) < 4.78 is 14.9. The summed E-state index contributed by atoms with van der Waals surface area (Å²) in [5.41, 5.74) is 1.17. The van der Waals surface area contributed by atoms with Crippen molar-refractivity contribution in [3.05, 3.63) is 62.9 Å². The van der Waals surface area contributed by atoms with Crippen molar-refractivity contribution in [1.82, 2.24) is 9.38 Å². The van der Waals surface area contributed by atoms with Gasteiger partial charge in [0, 0.05) is 17.8 Å². The van der Waals surface area contributed by atoms with E-state index in [9.17, 15) is 19.4 Å². The number of aromatic nitrogens is 2. The number of pyridine rings is 1. The third kappa shape index (κ3) is 2.10. The molecule has 0 bridgehead atoms. The molecule has 0 saturated heterocycles. The summed E-state index contributed by atoms with van der Waals surface area (Å²) in [7, 11) is 0. The van der Waals surface area contributed by atoms with Crippen molar-refractivity contribution in [2.24, 2.45) is 5.18 Å². The lowest BCUT2D eigenvalue weighted by atomic mass is 10.1. The highest BCUT2D eigenvalue weighted by Gasteiger charge is 2.20. The Labute approximate surface area is 123 Å². The first-order valence-electron chi connectivity index (χ1n) is 6.27. The standard InChI is InChI=1S/C14H9FN4O3/c1-8-4-5-18-12(6-8)16-13(14(18)17-20)9-2-3-10(15)11(7-9)19(21)22/h2-7H,1H3.